The average Bonchev–Trinajstić information content (AvgIpc) is 3.00. The third-order valence-corrected chi connectivity index (χ3v) is 6.73. The Bertz CT molecular complexity index is 827. The molecule has 6 nitrogen and oxygen atoms in total. The van der Waals surface area contributed by atoms with Gasteiger partial charge in [-0.25, -0.2) is 4.39 Å². The lowest BCUT2D eigenvalue weighted by Gasteiger charge is -2.50. The maximum atomic E-state index is 14.3. The number of piperidine rings is 2. The predicted octanol–water partition coefficient (Wildman–Crippen LogP) is 2.79. The summed E-state index contributed by atoms with van der Waals surface area (Å²) in [4.78, 5) is 19.0. The van der Waals surface area contributed by atoms with Gasteiger partial charge in [-0.3, -0.25) is 14.7 Å². The van der Waals surface area contributed by atoms with Crippen LogP contribution in [0.25, 0.3) is 0 Å². The molecule has 4 atom stereocenters. The number of rotatable bonds is 4. The smallest absolute Gasteiger partial charge is 0.305 e. The largest absolute Gasteiger partial charge is 0.493 e. The van der Waals surface area contributed by atoms with Crippen molar-refractivity contribution in [1.82, 2.24) is 4.90 Å². The lowest BCUT2D eigenvalue weighted by molar-refractivity contribution is -0.143. The maximum absolute atomic E-state index is 14.3. The summed E-state index contributed by atoms with van der Waals surface area (Å²) in [5, 5.41) is 11.6. The second kappa shape index (κ2) is 7.12. The van der Waals surface area contributed by atoms with Crippen molar-refractivity contribution in [2.75, 3.05) is 27.3 Å². The van der Waals surface area contributed by atoms with E-state index in [-0.39, 0.29) is 23.7 Å². The summed E-state index contributed by atoms with van der Waals surface area (Å²) in [5.41, 5.74) is 0.340. The fraction of sp³-hybridized carbons (Fsp3) is 0.619. The number of methoxy groups -OCH3 is 2. The van der Waals surface area contributed by atoms with Crippen LogP contribution < -0.4 is 4.74 Å². The number of halogens is 1. The molecule has 28 heavy (non-hydrogen) atoms. The molecule has 2 saturated heterocycles. The third kappa shape index (κ3) is 2.83. The quantitative estimate of drug-likeness (QED) is 0.801. The zero-order chi connectivity index (χ0) is 20.1. The van der Waals surface area contributed by atoms with E-state index in [2.05, 4.69) is 11.8 Å². The molecule has 152 valence electrons. The number of nitrogens with zero attached hydrogens (tertiary/aromatic N) is 2. The Kier molecular flexibility index (Phi) is 4.91. The monoisotopic (exact) mass is 390 g/mol. The molecule has 0 spiro atoms. The van der Waals surface area contributed by atoms with Crippen molar-refractivity contribution >= 4 is 17.4 Å². The van der Waals surface area contributed by atoms with Crippen LogP contribution in [0.1, 0.15) is 38.2 Å². The molecule has 1 aromatic carbocycles. The van der Waals surface area contributed by atoms with Gasteiger partial charge in [0.15, 0.2) is 11.6 Å². The van der Waals surface area contributed by atoms with Gasteiger partial charge in [0.25, 0.3) is 0 Å². The Morgan fingerprint density at radius 1 is 1.39 bits per heavy atom. The highest BCUT2D eigenvalue weighted by Crippen LogP contribution is 2.51. The standard InChI is InChI=1S/C21H27FN2O4/c1-4-12-11-24-8-7-21(26)18-15(6-5-14(22)19(18)28-3)23-20(21)16(24)9-13(12)10-17(25)27-2/h5-6,12-13,16,26H,4,7-11H2,1-3H3/t12-,13-,16-,21+/m1/s1. The van der Waals surface area contributed by atoms with Gasteiger partial charge in [0.05, 0.1) is 37.2 Å². The summed E-state index contributed by atoms with van der Waals surface area (Å²) in [5.74, 6) is -0.0558. The number of esters is 1. The molecule has 3 heterocycles. The van der Waals surface area contributed by atoms with Gasteiger partial charge in [-0.2, -0.15) is 0 Å². The second-order valence-electron chi connectivity index (χ2n) is 8.04. The molecule has 0 saturated carbocycles. The Balaban J connectivity index is 1.69. The Morgan fingerprint density at radius 2 is 2.18 bits per heavy atom. The van der Waals surface area contributed by atoms with Gasteiger partial charge in [0.1, 0.15) is 5.60 Å². The first-order valence-electron chi connectivity index (χ1n) is 9.92. The van der Waals surface area contributed by atoms with Crippen LogP contribution >= 0.6 is 0 Å². The van der Waals surface area contributed by atoms with Crippen molar-refractivity contribution in [3.8, 4) is 5.75 Å². The van der Waals surface area contributed by atoms with Crippen LogP contribution in [0.5, 0.6) is 5.75 Å². The maximum Gasteiger partial charge on any atom is 0.305 e. The molecule has 1 N–H and O–H groups in total. The van der Waals surface area contributed by atoms with Crippen molar-refractivity contribution in [3.63, 3.8) is 0 Å². The summed E-state index contributed by atoms with van der Waals surface area (Å²) < 4.78 is 24.5. The molecule has 3 aliphatic rings. The van der Waals surface area contributed by atoms with Crippen LogP contribution in [0.3, 0.4) is 0 Å². The Labute approximate surface area is 164 Å². The van der Waals surface area contributed by atoms with E-state index in [1.54, 1.807) is 6.07 Å². The van der Waals surface area contributed by atoms with E-state index in [0.717, 1.165) is 19.4 Å². The minimum Gasteiger partial charge on any atom is -0.493 e. The number of hydrogen-bond donors (Lipinski definition) is 1. The molecule has 7 heteroatoms. The second-order valence-corrected chi connectivity index (χ2v) is 8.04. The summed E-state index contributed by atoms with van der Waals surface area (Å²) in [6.45, 7) is 3.70. The lowest BCUT2D eigenvalue weighted by Crippen LogP contribution is -2.60. The van der Waals surface area contributed by atoms with E-state index in [0.29, 0.717) is 42.3 Å². The summed E-state index contributed by atoms with van der Waals surface area (Å²) in [7, 11) is 2.82. The molecule has 2 fully saturated rings. The number of ether oxygens (including phenoxy) is 2. The number of carbonyl (C=O) groups is 1. The topological polar surface area (TPSA) is 71.4 Å². The van der Waals surface area contributed by atoms with Crippen molar-refractivity contribution in [1.29, 1.82) is 0 Å². The molecule has 0 aliphatic carbocycles. The van der Waals surface area contributed by atoms with Crippen LogP contribution in [0.4, 0.5) is 10.1 Å². The van der Waals surface area contributed by atoms with Crippen molar-refractivity contribution < 1.29 is 23.8 Å². The summed E-state index contributed by atoms with van der Waals surface area (Å²) in [6, 6.07) is 2.86. The summed E-state index contributed by atoms with van der Waals surface area (Å²) >= 11 is 0. The van der Waals surface area contributed by atoms with E-state index >= 15 is 0 Å². The lowest BCUT2D eigenvalue weighted by atomic mass is 9.71. The normalized spacial score (nSPS) is 31.5. The molecule has 0 amide bonds. The number of carbonyl (C=O) groups excluding carboxylic acids is 1. The molecule has 4 rings (SSSR count). The predicted molar refractivity (Wildman–Crippen MR) is 102 cm³/mol. The number of aliphatic imine (C=N–C) groups is 1. The van der Waals surface area contributed by atoms with E-state index in [9.17, 15) is 14.3 Å². The van der Waals surface area contributed by atoms with Crippen LogP contribution in [0.15, 0.2) is 17.1 Å². The van der Waals surface area contributed by atoms with Crippen molar-refractivity contribution in [2.24, 2.45) is 16.8 Å². The molecule has 3 aliphatic heterocycles. The minimum absolute atomic E-state index is 0.0700. The van der Waals surface area contributed by atoms with E-state index in [1.165, 1.54) is 20.3 Å². The third-order valence-electron chi connectivity index (χ3n) is 6.73. The minimum atomic E-state index is -1.32. The first kappa shape index (κ1) is 19.3. The number of benzene rings is 1. The highest BCUT2D eigenvalue weighted by Gasteiger charge is 2.54. The highest BCUT2D eigenvalue weighted by molar-refractivity contribution is 6.05. The van der Waals surface area contributed by atoms with Gasteiger partial charge >= 0.3 is 5.97 Å². The first-order valence-corrected chi connectivity index (χ1v) is 9.92. The number of hydrogen-bond acceptors (Lipinski definition) is 6. The highest BCUT2D eigenvalue weighted by atomic mass is 19.1. The molecule has 0 unspecified atom stereocenters. The van der Waals surface area contributed by atoms with Crippen LogP contribution in [-0.4, -0.2) is 55.0 Å². The fourth-order valence-corrected chi connectivity index (χ4v) is 5.25. The van der Waals surface area contributed by atoms with Gasteiger partial charge in [0, 0.05) is 19.5 Å². The van der Waals surface area contributed by atoms with Crippen LogP contribution in [0.2, 0.25) is 0 Å². The SMILES string of the molecule is CC[C@@H]1CN2CC[C@@]3(O)C(=Nc4ccc(F)c(OC)c43)[C@H]2C[C@@H]1CC(=O)OC. The van der Waals surface area contributed by atoms with Crippen LogP contribution in [-0.2, 0) is 15.1 Å². The molecule has 1 aromatic rings. The van der Waals surface area contributed by atoms with Gasteiger partial charge < -0.3 is 14.6 Å². The zero-order valence-electron chi connectivity index (χ0n) is 16.6. The molecule has 0 aromatic heterocycles. The van der Waals surface area contributed by atoms with Crippen molar-refractivity contribution in [2.45, 2.75) is 44.2 Å². The molecular formula is C21H27FN2O4. The molecular weight excluding hydrogens is 363 g/mol. The molecule has 0 bridgehead atoms. The Hall–Kier alpha value is -1.99. The number of aliphatic hydroxyl groups is 1. The average molecular weight is 390 g/mol. The summed E-state index contributed by atoms with van der Waals surface area (Å²) in [6.07, 6.45) is 2.54. The Morgan fingerprint density at radius 3 is 2.86 bits per heavy atom. The van der Waals surface area contributed by atoms with E-state index < -0.39 is 11.4 Å². The first-order chi connectivity index (χ1) is 13.4. The zero-order valence-corrected chi connectivity index (χ0v) is 16.6. The fourth-order valence-electron chi connectivity index (χ4n) is 5.25. The van der Waals surface area contributed by atoms with E-state index in [1.807, 2.05) is 0 Å². The van der Waals surface area contributed by atoms with Gasteiger partial charge in [-0.15, -0.1) is 0 Å². The van der Waals surface area contributed by atoms with Crippen LogP contribution in [0, 0.1) is 17.7 Å². The van der Waals surface area contributed by atoms with E-state index in [4.69, 9.17) is 14.5 Å². The van der Waals surface area contributed by atoms with Crippen molar-refractivity contribution in [3.05, 3.63) is 23.5 Å². The van der Waals surface area contributed by atoms with Gasteiger partial charge in [-0.1, -0.05) is 13.3 Å². The molecule has 0 radical (unpaired) electrons. The van der Waals surface area contributed by atoms with Gasteiger partial charge in [0.2, 0.25) is 0 Å². The van der Waals surface area contributed by atoms with Gasteiger partial charge in [-0.05, 0) is 36.8 Å². The number of fused-ring (bicyclic) bond motifs is 5.